The summed E-state index contributed by atoms with van der Waals surface area (Å²) in [4.78, 5) is 3.45. The van der Waals surface area contributed by atoms with E-state index in [1.807, 2.05) is 0 Å². The van der Waals surface area contributed by atoms with Crippen LogP contribution < -0.4 is 10.1 Å². The molecule has 1 rings (SSSR count). The zero-order valence-corrected chi connectivity index (χ0v) is 11.5. The number of hydrogen-bond donors (Lipinski definition) is 1. The summed E-state index contributed by atoms with van der Waals surface area (Å²) in [6.07, 6.45) is -14.0. The van der Waals surface area contributed by atoms with Gasteiger partial charge in [-0.3, -0.25) is 0 Å². The van der Waals surface area contributed by atoms with Crippen LogP contribution in [0.2, 0.25) is 0 Å². The molecule has 0 radical (unpaired) electrons. The van der Waals surface area contributed by atoms with Crippen molar-refractivity contribution in [3.63, 3.8) is 0 Å². The third-order valence-electron chi connectivity index (χ3n) is 2.08. The second-order valence-corrected chi connectivity index (χ2v) is 4.64. The summed E-state index contributed by atoms with van der Waals surface area (Å²) >= 11 is 3.02. The van der Waals surface area contributed by atoms with Crippen LogP contribution in [0.1, 0.15) is 5.56 Å². The van der Waals surface area contributed by atoms with Gasteiger partial charge >= 0.3 is 12.4 Å². The maximum Gasteiger partial charge on any atom is 0.434 e. The first-order chi connectivity index (χ1) is 9.05. The molecule has 1 aromatic heterocycles. The van der Waals surface area contributed by atoms with Crippen molar-refractivity contribution in [3.05, 3.63) is 22.3 Å². The number of hydrogen-bond acceptors (Lipinski definition) is 3. The lowest BCUT2D eigenvalue weighted by atomic mass is 10.2. The number of nitrogens with one attached hydrogen (secondary N) is 1. The molecule has 3 nitrogen and oxygen atoms in total. The van der Waals surface area contributed by atoms with Gasteiger partial charge in [0, 0.05) is 22.8 Å². The van der Waals surface area contributed by atoms with E-state index >= 15 is 0 Å². The highest BCUT2D eigenvalue weighted by Crippen LogP contribution is 2.37. The predicted molar refractivity (Wildman–Crippen MR) is 61.2 cm³/mol. The Morgan fingerprint density at radius 1 is 1.25 bits per heavy atom. The highest BCUT2D eigenvalue weighted by Gasteiger charge is 2.59. The zero-order chi connectivity index (χ0) is 15.6. The topological polar surface area (TPSA) is 34.2 Å². The minimum absolute atomic E-state index is 0.00417. The molecule has 20 heavy (non-hydrogen) atoms. The summed E-state index contributed by atoms with van der Waals surface area (Å²) < 4.78 is 78.9. The fourth-order valence-corrected chi connectivity index (χ4v) is 1.70. The smallest absolute Gasteiger partial charge is 0.434 e. The van der Waals surface area contributed by atoms with Crippen LogP contribution in [0.5, 0.6) is 5.88 Å². The lowest BCUT2D eigenvalue weighted by molar-refractivity contribution is -0.300. The molecule has 0 aliphatic carbocycles. The SMILES string of the molecule is CNCc1cc(Br)cnc1OC(C(F)(F)F)C(F)(F)F. The molecule has 114 valence electrons. The van der Waals surface area contributed by atoms with E-state index in [1.165, 1.54) is 13.1 Å². The Hall–Kier alpha value is -1.03. The van der Waals surface area contributed by atoms with Gasteiger partial charge in [-0.15, -0.1) is 0 Å². The first-order valence-electron chi connectivity index (χ1n) is 5.14. The predicted octanol–water partition coefficient (Wildman–Crippen LogP) is 3.44. The summed E-state index contributed by atoms with van der Waals surface area (Å²) in [6, 6.07) is 1.32. The van der Waals surface area contributed by atoms with E-state index in [0.29, 0.717) is 4.47 Å². The van der Waals surface area contributed by atoms with Crippen LogP contribution in [0.4, 0.5) is 26.3 Å². The zero-order valence-electron chi connectivity index (χ0n) is 9.94. The van der Waals surface area contributed by atoms with Crippen molar-refractivity contribution < 1.29 is 31.1 Å². The van der Waals surface area contributed by atoms with Gasteiger partial charge in [0.15, 0.2) is 0 Å². The van der Waals surface area contributed by atoms with Gasteiger partial charge in [-0.25, -0.2) is 4.98 Å². The second-order valence-electron chi connectivity index (χ2n) is 3.73. The molecular formula is C10H9BrF6N2O. The standard InChI is InChI=1S/C10H9BrF6N2O/c1-18-3-5-2-6(11)4-19-7(5)20-8(9(12,13)14)10(15,16)17/h2,4,8,18H,3H2,1H3. The summed E-state index contributed by atoms with van der Waals surface area (Å²) in [5.74, 6) is -0.720. The molecule has 0 bridgehead atoms. The molecule has 0 aromatic carbocycles. The van der Waals surface area contributed by atoms with Crippen LogP contribution in [-0.2, 0) is 6.54 Å². The molecule has 0 saturated carbocycles. The van der Waals surface area contributed by atoms with E-state index in [2.05, 4.69) is 31.0 Å². The van der Waals surface area contributed by atoms with Crippen LogP contribution in [0, 0.1) is 0 Å². The average Bonchev–Trinajstić information content (AvgIpc) is 2.25. The number of halogens is 7. The van der Waals surface area contributed by atoms with Crippen molar-refractivity contribution in [2.24, 2.45) is 0 Å². The Bertz CT molecular complexity index is 448. The third-order valence-corrected chi connectivity index (χ3v) is 2.52. The van der Waals surface area contributed by atoms with E-state index in [1.54, 1.807) is 0 Å². The van der Waals surface area contributed by atoms with Gasteiger partial charge in [0.05, 0.1) is 0 Å². The molecule has 0 amide bonds. The van der Waals surface area contributed by atoms with E-state index < -0.39 is 24.3 Å². The molecule has 1 N–H and O–H groups in total. The van der Waals surface area contributed by atoms with Crippen LogP contribution in [0.15, 0.2) is 16.7 Å². The summed E-state index contributed by atoms with van der Waals surface area (Å²) in [5.41, 5.74) is 0.0698. The molecule has 1 aromatic rings. The lowest BCUT2D eigenvalue weighted by Crippen LogP contribution is -2.46. The number of nitrogens with zero attached hydrogens (tertiary/aromatic N) is 1. The normalized spacial score (nSPS) is 12.8. The van der Waals surface area contributed by atoms with Gasteiger partial charge in [-0.2, -0.15) is 26.3 Å². The molecule has 0 spiro atoms. The van der Waals surface area contributed by atoms with Crippen molar-refractivity contribution in [3.8, 4) is 5.88 Å². The molecule has 0 aliphatic heterocycles. The Morgan fingerprint density at radius 3 is 2.25 bits per heavy atom. The highest BCUT2D eigenvalue weighted by molar-refractivity contribution is 9.10. The number of aromatic nitrogens is 1. The van der Waals surface area contributed by atoms with Gasteiger partial charge < -0.3 is 10.1 Å². The lowest BCUT2D eigenvalue weighted by Gasteiger charge is -2.24. The summed E-state index contributed by atoms with van der Waals surface area (Å²) in [6.45, 7) is 0.00417. The van der Waals surface area contributed by atoms with Crippen molar-refractivity contribution in [2.75, 3.05) is 7.05 Å². The van der Waals surface area contributed by atoms with E-state index in [-0.39, 0.29) is 12.1 Å². The van der Waals surface area contributed by atoms with Crippen LogP contribution in [0.3, 0.4) is 0 Å². The van der Waals surface area contributed by atoms with Crippen molar-refractivity contribution in [2.45, 2.75) is 25.0 Å². The first kappa shape index (κ1) is 17.0. The monoisotopic (exact) mass is 366 g/mol. The molecule has 0 aliphatic rings. The van der Waals surface area contributed by atoms with Crippen molar-refractivity contribution in [1.29, 1.82) is 0 Å². The Labute approximate surface area is 118 Å². The fraction of sp³-hybridized carbons (Fsp3) is 0.500. The largest absolute Gasteiger partial charge is 0.454 e. The molecule has 0 atom stereocenters. The van der Waals surface area contributed by atoms with Gasteiger partial charge in [0.25, 0.3) is 6.10 Å². The molecular weight excluding hydrogens is 358 g/mol. The average molecular weight is 367 g/mol. The third kappa shape index (κ3) is 4.51. The van der Waals surface area contributed by atoms with Crippen LogP contribution in [-0.4, -0.2) is 30.5 Å². The first-order valence-corrected chi connectivity index (χ1v) is 5.94. The quantitative estimate of drug-likeness (QED) is 0.829. The van der Waals surface area contributed by atoms with Crippen molar-refractivity contribution in [1.82, 2.24) is 10.3 Å². The minimum Gasteiger partial charge on any atom is -0.454 e. The number of pyridine rings is 1. The number of rotatable bonds is 4. The number of alkyl halides is 6. The van der Waals surface area contributed by atoms with E-state index in [4.69, 9.17) is 0 Å². The van der Waals surface area contributed by atoms with Crippen LogP contribution in [0.25, 0.3) is 0 Å². The minimum atomic E-state index is -5.58. The highest BCUT2D eigenvalue weighted by atomic mass is 79.9. The summed E-state index contributed by atoms with van der Waals surface area (Å²) in [7, 11) is 1.48. The molecule has 1 heterocycles. The Kier molecular flexibility index (Phi) is 5.25. The van der Waals surface area contributed by atoms with Crippen molar-refractivity contribution >= 4 is 15.9 Å². The molecule has 0 saturated heterocycles. The van der Waals surface area contributed by atoms with Gasteiger partial charge in [0.2, 0.25) is 5.88 Å². The summed E-state index contributed by atoms with van der Waals surface area (Å²) in [5, 5.41) is 2.60. The maximum atomic E-state index is 12.4. The van der Waals surface area contributed by atoms with Gasteiger partial charge in [0.1, 0.15) is 0 Å². The van der Waals surface area contributed by atoms with Crippen LogP contribution >= 0.6 is 15.9 Å². The van der Waals surface area contributed by atoms with E-state index in [9.17, 15) is 26.3 Å². The Balaban J connectivity index is 3.12. The molecule has 0 fully saturated rings. The molecule has 10 heteroatoms. The maximum absolute atomic E-state index is 12.4. The Morgan fingerprint density at radius 2 is 1.80 bits per heavy atom. The van der Waals surface area contributed by atoms with Gasteiger partial charge in [-0.05, 0) is 29.0 Å². The van der Waals surface area contributed by atoms with E-state index in [0.717, 1.165) is 6.20 Å². The second kappa shape index (κ2) is 6.17. The molecule has 0 unspecified atom stereocenters. The fourth-order valence-electron chi connectivity index (χ4n) is 1.32. The van der Waals surface area contributed by atoms with Gasteiger partial charge in [-0.1, -0.05) is 0 Å². The number of ether oxygens (including phenoxy) is 1.